The van der Waals surface area contributed by atoms with E-state index in [4.69, 9.17) is 10.5 Å². The molecule has 0 spiro atoms. The van der Waals surface area contributed by atoms with Crippen LogP contribution in [-0.2, 0) is 14.3 Å². The average Bonchev–Trinajstić information content (AvgIpc) is 2.48. The number of nitrogens with one attached hydrogen (secondary N) is 2. The zero-order valence-electron chi connectivity index (χ0n) is 12.7. The Morgan fingerprint density at radius 2 is 2.00 bits per heavy atom. The molecule has 1 unspecified atom stereocenters. The number of aryl methyl sites for hydroxylation is 1. The zero-order valence-corrected chi connectivity index (χ0v) is 12.7. The number of carbonyl (C=O) groups excluding carboxylic acids is 2. The standard InChI is InChI=1S/C15H23N3O3/c1-4-14(19)17-11-6-5-10(2)13(7-11)18-15(20)8-12(9-16)21-3/h5-7,12H,4,8-9,16H2,1-3H3,(H,17,19)(H,18,20). The van der Waals surface area contributed by atoms with E-state index in [-0.39, 0.29) is 30.9 Å². The molecule has 1 aromatic carbocycles. The molecule has 0 aromatic heterocycles. The summed E-state index contributed by atoms with van der Waals surface area (Å²) in [5, 5.41) is 5.58. The van der Waals surface area contributed by atoms with Crippen molar-refractivity contribution in [2.75, 3.05) is 24.3 Å². The molecule has 1 atom stereocenters. The molecule has 0 bridgehead atoms. The van der Waals surface area contributed by atoms with E-state index < -0.39 is 0 Å². The van der Waals surface area contributed by atoms with Crippen molar-refractivity contribution in [3.05, 3.63) is 23.8 Å². The van der Waals surface area contributed by atoms with E-state index in [0.717, 1.165) is 5.56 Å². The fraction of sp³-hybridized carbons (Fsp3) is 0.467. The van der Waals surface area contributed by atoms with Crippen molar-refractivity contribution < 1.29 is 14.3 Å². The maximum Gasteiger partial charge on any atom is 0.227 e. The van der Waals surface area contributed by atoms with Crippen LogP contribution in [0.15, 0.2) is 18.2 Å². The number of methoxy groups -OCH3 is 1. The highest BCUT2D eigenvalue weighted by Gasteiger charge is 2.13. The van der Waals surface area contributed by atoms with Crippen LogP contribution in [0.4, 0.5) is 11.4 Å². The fourth-order valence-electron chi connectivity index (χ4n) is 1.75. The minimum Gasteiger partial charge on any atom is -0.380 e. The minimum atomic E-state index is -0.298. The SMILES string of the molecule is CCC(=O)Nc1ccc(C)c(NC(=O)CC(CN)OC)c1. The van der Waals surface area contributed by atoms with Gasteiger partial charge >= 0.3 is 0 Å². The van der Waals surface area contributed by atoms with Crippen molar-refractivity contribution in [1.29, 1.82) is 0 Å². The van der Waals surface area contributed by atoms with Gasteiger partial charge in [0.05, 0.1) is 12.5 Å². The molecule has 0 radical (unpaired) electrons. The van der Waals surface area contributed by atoms with Crippen molar-refractivity contribution in [1.82, 2.24) is 0 Å². The first kappa shape index (κ1) is 17.1. The van der Waals surface area contributed by atoms with Gasteiger partial charge in [-0.2, -0.15) is 0 Å². The van der Waals surface area contributed by atoms with Gasteiger partial charge in [-0.1, -0.05) is 13.0 Å². The van der Waals surface area contributed by atoms with Gasteiger partial charge in [-0.25, -0.2) is 0 Å². The van der Waals surface area contributed by atoms with Crippen LogP contribution >= 0.6 is 0 Å². The lowest BCUT2D eigenvalue weighted by Gasteiger charge is -2.14. The normalized spacial score (nSPS) is 11.8. The number of anilines is 2. The second-order valence-electron chi connectivity index (χ2n) is 4.78. The van der Waals surface area contributed by atoms with Crippen LogP contribution in [0.2, 0.25) is 0 Å². The monoisotopic (exact) mass is 293 g/mol. The number of nitrogens with two attached hydrogens (primary N) is 1. The van der Waals surface area contributed by atoms with E-state index >= 15 is 0 Å². The Balaban J connectivity index is 2.75. The minimum absolute atomic E-state index is 0.0706. The molecule has 0 saturated heterocycles. The molecule has 0 aliphatic heterocycles. The van der Waals surface area contributed by atoms with Crippen LogP contribution < -0.4 is 16.4 Å². The van der Waals surface area contributed by atoms with Crippen molar-refractivity contribution in [2.45, 2.75) is 32.8 Å². The molecule has 2 amide bonds. The summed E-state index contributed by atoms with van der Waals surface area (Å²) in [5.74, 6) is -0.243. The number of amides is 2. The van der Waals surface area contributed by atoms with Gasteiger partial charge in [0, 0.05) is 31.5 Å². The third kappa shape index (κ3) is 5.53. The van der Waals surface area contributed by atoms with E-state index in [9.17, 15) is 9.59 Å². The number of benzene rings is 1. The summed E-state index contributed by atoms with van der Waals surface area (Å²) in [7, 11) is 1.52. The summed E-state index contributed by atoms with van der Waals surface area (Å²) < 4.78 is 5.09. The average molecular weight is 293 g/mol. The number of hydrogen-bond donors (Lipinski definition) is 3. The van der Waals surface area contributed by atoms with Gasteiger partial charge in [0.2, 0.25) is 11.8 Å². The highest BCUT2D eigenvalue weighted by molar-refractivity contribution is 5.94. The highest BCUT2D eigenvalue weighted by atomic mass is 16.5. The maximum atomic E-state index is 11.9. The van der Waals surface area contributed by atoms with E-state index in [1.165, 1.54) is 7.11 Å². The lowest BCUT2D eigenvalue weighted by molar-refractivity contribution is -0.118. The van der Waals surface area contributed by atoms with Crippen LogP contribution in [0.3, 0.4) is 0 Å². The summed E-state index contributed by atoms with van der Waals surface area (Å²) in [4.78, 5) is 23.3. The summed E-state index contributed by atoms with van der Waals surface area (Å²) in [6.45, 7) is 3.96. The van der Waals surface area contributed by atoms with Crippen LogP contribution in [0.5, 0.6) is 0 Å². The Bertz CT molecular complexity index is 499. The molecule has 6 nitrogen and oxygen atoms in total. The van der Waals surface area contributed by atoms with Gasteiger partial charge in [-0.15, -0.1) is 0 Å². The molecule has 6 heteroatoms. The Morgan fingerprint density at radius 1 is 1.29 bits per heavy atom. The van der Waals surface area contributed by atoms with Gasteiger partial charge < -0.3 is 21.1 Å². The molecular weight excluding hydrogens is 270 g/mol. The lowest BCUT2D eigenvalue weighted by atomic mass is 10.1. The number of rotatable bonds is 7. The zero-order chi connectivity index (χ0) is 15.8. The summed E-state index contributed by atoms with van der Waals surface area (Å²) in [5.41, 5.74) is 7.74. The van der Waals surface area contributed by atoms with Gasteiger partial charge in [0.1, 0.15) is 0 Å². The lowest BCUT2D eigenvalue weighted by Crippen LogP contribution is -2.28. The van der Waals surface area contributed by atoms with Crippen LogP contribution in [0, 0.1) is 6.92 Å². The highest BCUT2D eigenvalue weighted by Crippen LogP contribution is 2.21. The van der Waals surface area contributed by atoms with Crippen LogP contribution in [0.25, 0.3) is 0 Å². The molecule has 0 fully saturated rings. The Hall–Kier alpha value is -1.92. The second-order valence-corrected chi connectivity index (χ2v) is 4.78. The Morgan fingerprint density at radius 3 is 2.57 bits per heavy atom. The molecule has 116 valence electrons. The quantitative estimate of drug-likeness (QED) is 0.712. The molecule has 0 heterocycles. The first-order valence-electron chi connectivity index (χ1n) is 6.93. The maximum absolute atomic E-state index is 11.9. The van der Waals surface area contributed by atoms with E-state index in [1.54, 1.807) is 19.1 Å². The number of hydrogen-bond acceptors (Lipinski definition) is 4. The Labute approximate surface area is 125 Å². The predicted octanol–water partition coefficient (Wildman–Crippen LogP) is 1.65. The largest absolute Gasteiger partial charge is 0.380 e. The van der Waals surface area contributed by atoms with Gasteiger partial charge in [-0.05, 0) is 24.6 Å². The van der Waals surface area contributed by atoms with Crippen molar-refractivity contribution >= 4 is 23.2 Å². The topological polar surface area (TPSA) is 93.5 Å². The second kappa shape index (κ2) is 8.39. The van der Waals surface area contributed by atoms with Gasteiger partial charge in [0.15, 0.2) is 0 Å². The summed E-state index contributed by atoms with van der Waals surface area (Å²) in [6.07, 6.45) is 0.299. The van der Waals surface area contributed by atoms with Gasteiger partial charge in [-0.3, -0.25) is 9.59 Å². The summed E-state index contributed by atoms with van der Waals surface area (Å²) in [6, 6.07) is 5.39. The molecule has 4 N–H and O–H groups in total. The third-order valence-corrected chi connectivity index (χ3v) is 3.13. The molecule has 1 aromatic rings. The van der Waals surface area contributed by atoms with Crippen molar-refractivity contribution in [2.24, 2.45) is 5.73 Å². The van der Waals surface area contributed by atoms with Gasteiger partial charge in [0.25, 0.3) is 0 Å². The van der Waals surface area contributed by atoms with E-state index in [1.807, 2.05) is 13.0 Å². The third-order valence-electron chi connectivity index (χ3n) is 3.13. The molecule has 1 rings (SSSR count). The first-order chi connectivity index (χ1) is 9.99. The number of ether oxygens (including phenoxy) is 1. The van der Waals surface area contributed by atoms with E-state index in [0.29, 0.717) is 17.8 Å². The molecule has 21 heavy (non-hydrogen) atoms. The van der Waals surface area contributed by atoms with Crippen molar-refractivity contribution in [3.8, 4) is 0 Å². The number of carbonyl (C=O) groups is 2. The molecule has 0 aliphatic carbocycles. The molecule has 0 saturated carbocycles. The fourth-order valence-corrected chi connectivity index (χ4v) is 1.75. The van der Waals surface area contributed by atoms with E-state index in [2.05, 4.69) is 10.6 Å². The first-order valence-corrected chi connectivity index (χ1v) is 6.93. The van der Waals surface area contributed by atoms with Crippen LogP contribution in [0.1, 0.15) is 25.3 Å². The van der Waals surface area contributed by atoms with Crippen LogP contribution in [-0.4, -0.2) is 31.6 Å². The van der Waals surface area contributed by atoms with Crippen molar-refractivity contribution in [3.63, 3.8) is 0 Å². The Kier molecular flexibility index (Phi) is 6.84. The smallest absolute Gasteiger partial charge is 0.227 e. The predicted molar refractivity (Wildman–Crippen MR) is 83.2 cm³/mol. The molecule has 0 aliphatic rings. The summed E-state index contributed by atoms with van der Waals surface area (Å²) >= 11 is 0. The molecular formula is C15H23N3O3.